The Bertz CT molecular complexity index is 862. The summed E-state index contributed by atoms with van der Waals surface area (Å²) >= 11 is 12.2. The fourth-order valence-corrected chi connectivity index (χ4v) is 4.66. The van der Waals surface area contributed by atoms with Crippen LogP contribution in [0.15, 0.2) is 36.4 Å². The number of benzene rings is 2. The van der Waals surface area contributed by atoms with Gasteiger partial charge in [-0.2, -0.15) is 0 Å². The molecule has 0 aliphatic carbocycles. The molecule has 1 saturated heterocycles. The highest BCUT2D eigenvalue weighted by molar-refractivity contribution is 6.31. The summed E-state index contributed by atoms with van der Waals surface area (Å²) < 4.78 is 12.2. The van der Waals surface area contributed by atoms with Gasteiger partial charge in [-0.1, -0.05) is 23.2 Å². The molecule has 2 aliphatic rings. The molecule has 30 heavy (non-hydrogen) atoms. The molecule has 0 spiro atoms. The van der Waals surface area contributed by atoms with Gasteiger partial charge in [-0.25, -0.2) is 0 Å². The molecular formula is C24H30Cl2N2O2. The molecule has 6 heteroatoms. The van der Waals surface area contributed by atoms with E-state index in [2.05, 4.69) is 24.1 Å². The van der Waals surface area contributed by atoms with Crippen molar-refractivity contribution in [3.05, 3.63) is 52.0 Å². The second-order valence-corrected chi connectivity index (χ2v) is 9.77. The Morgan fingerprint density at radius 3 is 2.57 bits per heavy atom. The van der Waals surface area contributed by atoms with E-state index in [1.54, 1.807) is 0 Å². The summed E-state index contributed by atoms with van der Waals surface area (Å²) in [5.41, 5.74) is 2.08. The van der Waals surface area contributed by atoms with Gasteiger partial charge in [-0.3, -0.25) is 0 Å². The van der Waals surface area contributed by atoms with Crippen LogP contribution < -0.4 is 14.8 Å². The monoisotopic (exact) mass is 448 g/mol. The molecule has 4 rings (SSSR count). The zero-order chi connectivity index (χ0) is 21.1. The minimum absolute atomic E-state index is 0.199. The third kappa shape index (κ3) is 5.54. The van der Waals surface area contributed by atoms with Crippen LogP contribution in [0.4, 0.5) is 5.69 Å². The molecule has 0 atom stereocenters. The van der Waals surface area contributed by atoms with Gasteiger partial charge >= 0.3 is 0 Å². The van der Waals surface area contributed by atoms with Gasteiger partial charge in [0.25, 0.3) is 0 Å². The number of piperidine rings is 1. The third-order valence-electron chi connectivity index (χ3n) is 5.77. The molecule has 1 fully saturated rings. The molecule has 0 aromatic heterocycles. The second kappa shape index (κ2) is 9.25. The molecule has 0 amide bonds. The molecule has 2 aliphatic heterocycles. The smallest absolute Gasteiger partial charge is 0.165 e. The average molecular weight is 449 g/mol. The van der Waals surface area contributed by atoms with Crippen molar-refractivity contribution in [1.82, 2.24) is 4.90 Å². The highest BCUT2D eigenvalue weighted by atomic mass is 35.5. The largest absolute Gasteiger partial charge is 0.490 e. The Balaban J connectivity index is 1.19. The van der Waals surface area contributed by atoms with Crippen molar-refractivity contribution in [3.8, 4) is 11.5 Å². The standard InChI is InChI=1S/C24H30Cl2N2O2/c1-24(2)16-17-14-19(26)15-22(23(17)30-24)29-13-3-10-28-11-8-21(9-12-28)27-20-6-4-18(25)5-7-20/h4-7,14-15,21,27H,3,8-13,16H2,1-2H3. The molecule has 4 nitrogen and oxygen atoms in total. The lowest BCUT2D eigenvalue weighted by Gasteiger charge is -2.32. The molecular weight excluding hydrogens is 419 g/mol. The van der Waals surface area contributed by atoms with E-state index in [1.807, 2.05) is 36.4 Å². The molecule has 0 unspecified atom stereocenters. The first-order valence-electron chi connectivity index (χ1n) is 10.8. The predicted molar refractivity (Wildman–Crippen MR) is 125 cm³/mol. The Kier molecular flexibility index (Phi) is 6.66. The van der Waals surface area contributed by atoms with Crippen molar-refractivity contribution in [2.75, 3.05) is 31.6 Å². The number of likely N-dealkylation sites (tertiary alicyclic amines) is 1. The van der Waals surface area contributed by atoms with Gasteiger partial charge in [0.2, 0.25) is 0 Å². The highest BCUT2D eigenvalue weighted by Crippen LogP contribution is 2.43. The summed E-state index contributed by atoms with van der Waals surface area (Å²) in [5, 5.41) is 5.10. The third-order valence-corrected chi connectivity index (χ3v) is 6.24. The normalized spacial score (nSPS) is 18.7. The molecule has 0 bridgehead atoms. The molecule has 0 radical (unpaired) electrons. The number of anilines is 1. The topological polar surface area (TPSA) is 33.7 Å². The first-order chi connectivity index (χ1) is 14.4. The number of hydrogen-bond donors (Lipinski definition) is 1. The van der Waals surface area contributed by atoms with E-state index in [-0.39, 0.29) is 5.60 Å². The van der Waals surface area contributed by atoms with E-state index >= 15 is 0 Å². The minimum Gasteiger partial charge on any atom is -0.490 e. The lowest BCUT2D eigenvalue weighted by atomic mass is 10.0. The summed E-state index contributed by atoms with van der Waals surface area (Å²) in [6, 6.07) is 12.3. The predicted octanol–water partition coefficient (Wildman–Crippen LogP) is 6.05. The van der Waals surface area contributed by atoms with E-state index in [1.165, 1.54) is 0 Å². The van der Waals surface area contributed by atoms with E-state index in [9.17, 15) is 0 Å². The van der Waals surface area contributed by atoms with Gasteiger partial charge in [0, 0.05) is 59.5 Å². The van der Waals surface area contributed by atoms with Crippen LogP contribution in [0, 0.1) is 0 Å². The maximum atomic E-state index is 6.28. The van der Waals surface area contributed by atoms with Crippen LogP contribution in [-0.4, -0.2) is 42.8 Å². The van der Waals surface area contributed by atoms with Crippen molar-refractivity contribution < 1.29 is 9.47 Å². The minimum atomic E-state index is -0.199. The molecule has 1 N–H and O–H groups in total. The number of hydrogen-bond acceptors (Lipinski definition) is 4. The fraction of sp³-hybridized carbons (Fsp3) is 0.500. The van der Waals surface area contributed by atoms with E-state index < -0.39 is 0 Å². The van der Waals surface area contributed by atoms with Crippen molar-refractivity contribution in [2.45, 2.75) is 51.2 Å². The Labute approximate surface area is 189 Å². The number of nitrogens with one attached hydrogen (secondary N) is 1. The molecule has 2 aromatic rings. The van der Waals surface area contributed by atoms with Gasteiger partial charge in [0.05, 0.1) is 6.61 Å². The Hall–Kier alpha value is -1.62. The van der Waals surface area contributed by atoms with Gasteiger partial charge in [-0.15, -0.1) is 0 Å². The molecule has 162 valence electrons. The fourth-order valence-electron chi connectivity index (χ4n) is 4.30. The lowest BCUT2D eigenvalue weighted by molar-refractivity contribution is 0.131. The van der Waals surface area contributed by atoms with Gasteiger partial charge in [0.15, 0.2) is 11.5 Å². The number of fused-ring (bicyclic) bond motifs is 1. The number of halogens is 2. The average Bonchev–Trinajstić information content (AvgIpc) is 3.02. The van der Waals surface area contributed by atoms with Crippen LogP contribution in [0.25, 0.3) is 0 Å². The quantitative estimate of drug-likeness (QED) is 0.522. The first kappa shape index (κ1) is 21.6. The van der Waals surface area contributed by atoms with Gasteiger partial charge in [0.1, 0.15) is 5.60 Å². The summed E-state index contributed by atoms with van der Waals surface area (Å²) in [6.07, 6.45) is 4.14. The molecule has 2 aromatic carbocycles. The zero-order valence-corrected chi connectivity index (χ0v) is 19.2. The van der Waals surface area contributed by atoms with Crippen LogP contribution in [0.2, 0.25) is 10.0 Å². The number of nitrogens with zero attached hydrogens (tertiary/aromatic N) is 1. The Morgan fingerprint density at radius 1 is 1.10 bits per heavy atom. The maximum absolute atomic E-state index is 6.28. The van der Waals surface area contributed by atoms with Crippen molar-refractivity contribution in [3.63, 3.8) is 0 Å². The van der Waals surface area contributed by atoms with Crippen LogP contribution in [0.5, 0.6) is 11.5 Å². The molecule has 2 heterocycles. The Morgan fingerprint density at radius 2 is 1.83 bits per heavy atom. The van der Waals surface area contributed by atoms with E-state index in [0.29, 0.717) is 17.7 Å². The summed E-state index contributed by atoms with van der Waals surface area (Å²) in [6.45, 7) is 8.11. The van der Waals surface area contributed by atoms with E-state index in [4.69, 9.17) is 32.7 Å². The summed E-state index contributed by atoms with van der Waals surface area (Å²) in [5.74, 6) is 1.63. The SMILES string of the molecule is CC1(C)Cc2cc(Cl)cc(OCCCN3CCC(Nc4ccc(Cl)cc4)CC3)c2O1. The van der Waals surface area contributed by atoms with Crippen LogP contribution in [0.1, 0.15) is 38.7 Å². The highest BCUT2D eigenvalue weighted by Gasteiger charge is 2.33. The zero-order valence-electron chi connectivity index (χ0n) is 17.7. The first-order valence-corrected chi connectivity index (χ1v) is 11.5. The summed E-state index contributed by atoms with van der Waals surface area (Å²) in [7, 11) is 0. The van der Waals surface area contributed by atoms with Gasteiger partial charge in [-0.05, 0) is 63.4 Å². The van der Waals surface area contributed by atoms with Crippen molar-refractivity contribution in [2.24, 2.45) is 0 Å². The van der Waals surface area contributed by atoms with E-state index in [0.717, 1.165) is 73.1 Å². The second-order valence-electron chi connectivity index (χ2n) is 8.90. The lowest BCUT2D eigenvalue weighted by Crippen LogP contribution is -2.39. The van der Waals surface area contributed by atoms with Crippen LogP contribution in [-0.2, 0) is 6.42 Å². The van der Waals surface area contributed by atoms with Crippen LogP contribution >= 0.6 is 23.2 Å². The van der Waals surface area contributed by atoms with Crippen LogP contribution in [0.3, 0.4) is 0 Å². The number of rotatable bonds is 7. The number of ether oxygens (including phenoxy) is 2. The van der Waals surface area contributed by atoms with Crippen molar-refractivity contribution in [1.29, 1.82) is 0 Å². The van der Waals surface area contributed by atoms with Crippen molar-refractivity contribution >= 4 is 28.9 Å². The molecule has 0 saturated carbocycles. The van der Waals surface area contributed by atoms with Gasteiger partial charge < -0.3 is 19.7 Å². The maximum Gasteiger partial charge on any atom is 0.165 e. The summed E-state index contributed by atoms with van der Waals surface area (Å²) in [4.78, 5) is 2.52.